The summed E-state index contributed by atoms with van der Waals surface area (Å²) < 4.78 is 5.77. The van der Waals surface area contributed by atoms with Gasteiger partial charge in [-0.1, -0.05) is 0 Å². The summed E-state index contributed by atoms with van der Waals surface area (Å²) in [5.74, 6) is 0.281. The van der Waals surface area contributed by atoms with Crippen molar-refractivity contribution >= 4 is 5.91 Å². The van der Waals surface area contributed by atoms with Gasteiger partial charge in [0.15, 0.2) is 0 Å². The molecule has 1 aliphatic rings. The maximum atomic E-state index is 12.4. The van der Waals surface area contributed by atoms with Gasteiger partial charge in [-0.3, -0.25) is 9.59 Å². The number of rotatable bonds is 3. The number of amides is 1. The predicted molar refractivity (Wildman–Crippen MR) is 76.4 cm³/mol. The van der Waals surface area contributed by atoms with E-state index in [4.69, 9.17) is 4.74 Å². The summed E-state index contributed by atoms with van der Waals surface area (Å²) >= 11 is 0. The smallest absolute Gasteiger partial charge is 0.274 e. The topological polar surface area (TPSA) is 101 Å². The number of nitrogens with one attached hydrogen (secondary N) is 1. The second-order valence-electron chi connectivity index (χ2n) is 4.99. The molecule has 0 aliphatic carbocycles. The van der Waals surface area contributed by atoms with Gasteiger partial charge in [-0.2, -0.15) is 5.10 Å². The molecule has 8 heteroatoms. The Morgan fingerprint density at radius 1 is 1.36 bits per heavy atom. The van der Waals surface area contributed by atoms with Crippen LogP contribution in [0.2, 0.25) is 0 Å². The lowest BCUT2D eigenvalue weighted by Gasteiger charge is -2.32. The molecule has 2 aromatic rings. The molecule has 1 saturated heterocycles. The van der Waals surface area contributed by atoms with Crippen LogP contribution in [-0.4, -0.2) is 50.2 Å². The highest BCUT2D eigenvalue weighted by Crippen LogP contribution is 2.17. The van der Waals surface area contributed by atoms with E-state index in [1.807, 2.05) is 0 Å². The summed E-state index contributed by atoms with van der Waals surface area (Å²) in [6.45, 7) is 1.10. The van der Waals surface area contributed by atoms with Crippen molar-refractivity contribution in [2.45, 2.75) is 18.9 Å². The molecule has 1 atom stereocenters. The maximum Gasteiger partial charge on any atom is 0.274 e. The third kappa shape index (κ3) is 3.27. The summed E-state index contributed by atoms with van der Waals surface area (Å²) in [6.07, 6.45) is 4.61. The Labute approximate surface area is 126 Å². The zero-order valence-corrected chi connectivity index (χ0v) is 11.8. The Morgan fingerprint density at radius 3 is 3.00 bits per heavy atom. The van der Waals surface area contributed by atoms with E-state index in [2.05, 4.69) is 20.2 Å². The lowest BCUT2D eigenvalue weighted by atomic mass is 10.1. The second-order valence-corrected chi connectivity index (χ2v) is 4.99. The van der Waals surface area contributed by atoms with Gasteiger partial charge in [0, 0.05) is 24.9 Å². The first-order chi connectivity index (χ1) is 10.7. The van der Waals surface area contributed by atoms with E-state index in [1.165, 1.54) is 18.5 Å². The minimum atomic E-state index is -0.333. The number of H-pyrrole nitrogens is 1. The van der Waals surface area contributed by atoms with Crippen LogP contribution in [0, 0.1) is 0 Å². The van der Waals surface area contributed by atoms with Gasteiger partial charge in [0.05, 0.1) is 6.54 Å². The van der Waals surface area contributed by atoms with Crippen molar-refractivity contribution in [3.8, 4) is 5.88 Å². The number of likely N-dealkylation sites (tertiary alicyclic amines) is 1. The Balaban J connectivity index is 1.66. The molecule has 8 nitrogen and oxygen atoms in total. The lowest BCUT2D eigenvalue weighted by Crippen LogP contribution is -2.44. The van der Waals surface area contributed by atoms with E-state index in [1.54, 1.807) is 17.2 Å². The minimum absolute atomic E-state index is 0.115. The average molecular weight is 301 g/mol. The number of piperidine rings is 1. The zero-order valence-electron chi connectivity index (χ0n) is 11.8. The van der Waals surface area contributed by atoms with E-state index in [-0.39, 0.29) is 23.3 Å². The van der Waals surface area contributed by atoms with Gasteiger partial charge in [0.2, 0.25) is 5.88 Å². The number of aromatic amines is 1. The third-order valence-corrected chi connectivity index (χ3v) is 3.41. The fourth-order valence-corrected chi connectivity index (χ4v) is 2.36. The highest BCUT2D eigenvalue weighted by Gasteiger charge is 2.26. The average Bonchev–Trinajstić information content (AvgIpc) is 2.56. The number of aromatic nitrogens is 4. The Kier molecular flexibility index (Phi) is 4.08. The highest BCUT2D eigenvalue weighted by atomic mass is 16.5. The van der Waals surface area contributed by atoms with Gasteiger partial charge in [0.1, 0.15) is 18.1 Å². The molecule has 1 fully saturated rings. The molecule has 1 aliphatic heterocycles. The Hall–Kier alpha value is -2.77. The minimum Gasteiger partial charge on any atom is -0.472 e. The van der Waals surface area contributed by atoms with Crippen LogP contribution in [0.1, 0.15) is 23.3 Å². The SMILES string of the molecule is O=C(c1ccc(=O)[nH]n1)N1CCCC(Oc2ccncn2)C1. The Bertz CT molecular complexity index is 683. The highest BCUT2D eigenvalue weighted by molar-refractivity contribution is 5.92. The summed E-state index contributed by atoms with van der Waals surface area (Å²) in [7, 11) is 0. The van der Waals surface area contributed by atoms with E-state index >= 15 is 0 Å². The van der Waals surface area contributed by atoms with Crippen LogP contribution in [0.5, 0.6) is 5.88 Å². The van der Waals surface area contributed by atoms with Gasteiger partial charge in [-0.15, -0.1) is 0 Å². The maximum absolute atomic E-state index is 12.4. The molecule has 0 saturated carbocycles. The molecule has 0 radical (unpaired) electrons. The summed E-state index contributed by atoms with van der Waals surface area (Å²) in [4.78, 5) is 32.9. The van der Waals surface area contributed by atoms with Crippen molar-refractivity contribution in [3.05, 3.63) is 46.8 Å². The van der Waals surface area contributed by atoms with E-state index in [0.29, 0.717) is 19.0 Å². The van der Waals surface area contributed by atoms with Crippen LogP contribution in [0.3, 0.4) is 0 Å². The predicted octanol–water partition coefficient (Wildman–Crippen LogP) is 0.243. The van der Waals surface area contributed by atoms with E-state index < -0.39 is 0 Å². The molecule has 0 aromatic carbocycles. The molecule has 1 N–H and O–H groups in total. The molecule has 0 bridgehead atoms. The molecule has 1 amide bonds. The number of carbonyl (C=O) groups excluding carboxylic acids is 1. The standard InChI is InChI=1S/C14H15N5O3/c20-12-4-3-11(17-18-12)14(21)19-7-1-2-10(8-19)22-13-5-6-15-9-16-13/h3-6,9-10H,1-2,7-8H2,(H,18,20). The summed E-state index contributed by atoms with van der Waals surface area (Å²) in [5.41, 5.74) is -0.109. The molecular weight excluding hydrogens is 286 g/mol. The van der Waals surface area contributed by atoms with Crippen LogP contribution >= 0.6 is 0 Å². The second kappa shape index (κ2) is 6.33. The molecule has 114 valence electrons. The van der Waals surface area contributed by atoms with Crippen LogP contribution in [-0.2, 0) is 0 Å². The van der Waals surface area contributed by atoms with Gasteiger partial charge in [-0.05, 0) is 18.9 Å². The fraction of sp³-hybridized carbons (Fsp3) is 0.357. The van der Waals surface area contributed by atoms with Crippen LogP contribution in [0.4, 0.5) is 0 Å². The van der Waals surface area contributed by atoms with Crippen molar-refractivity contribution in [2.24, 2.45) is 0 Å². The number of hydrogen-bond donors (Lipinski definition) is 1. The molecule has 22 heavy (non-hydrogen) atoms. The third-order valence-electron chi connectivity index (χ3n) is 3.41. The summed E-state index contributed by atoms with van der Waals surface area (Å²) in [5, 5.41) is 6.04. The molecule has 3 heterocycles. The molecule has 3 rings (SSSR count). The molecule has 1 unspecified atom stereocenters. The van der Waals surface area contributed by atoms with Gasteiger partial charge in [0.25, 0.3) is 11.5 Å². The molecule has 0 spiro atoms. The number of ether oxygens (including phenoxy) is 1. The first kappa shape index (κ1) is 14.2. The zero-order chi connectivity index (χ0) is 15.4. The van der Waals surface area contributed by atoms with Crippen molar-refractivity contribution in [2.75, 3.05) is 13.1 Å². The lowest BCUT2D eigenvalue weighted by molar-refractivity contribution is 0.0521. The van der Waals surface area contributed by atoms with Gasteiger partial charge in [-0.25, -0.2) is 15.1 Å². The van der Waals surface area contributed by atoms with Crippen molar-refractivity contribution < 1.29 is 9.53 Å². The van der Waals surface area contributed by atoms with E-state index in [0.717, 1.165) is 12.8 Å². The first-order valence-electron chi connectivity index (χ1n) is 7.00. The Morgan fingerprint density at radius 2 is 2.27 bits per heavy atom. The quantitative estimate of drug-likeness (QED) is 0.871. The van der Waals surface area contributed by atoms with Gasteiger partial charge >= 0.3 is 0 Å². The van der Waals surface area contributed by atoms with E-state index in [9.17, 15) is 9.59 Å². The first-order valence-corrected chi connectivity index (χ1v) is 7.00. The number of nitrogens with zero attached hydrogens (tertiary/aromatic N) is 4. The number of carbonyl (C=O) groups is 1. The molecule has 2 aromatic heterocycles. The van der Waals surface area contributed by atoms with Crippen molar-refractivity contribution in [3.63, 3.8) is 0 Å². The van der Waals surface area contributed by atoms with Gasteiger partial charge < -0.3 is 9.64 Å². The monoisotopic (exact) mass is 301 g/mol. The van der Waals surface area contributed by atoms with Crippen LogP contribution < -0.4 is 10.3 Å². The fourth-order valence-electron chi connectivity index (χ4n) is 2.36. The van der Waals surface area contributed by atoms with Crippen LogP contribution in [0.15, 0.2) is 35.5 Å². The molecular formula is C14H15N5O3. The van der Waals surface area contributed by atoms with Crippen molar-refractivity contribution in [1.82, 2.24) is 25.1 Å². The normalized spacial score (nSPS) is 18.0. The largest absolute Gasteiger partial charge is 0.472 e. The number of hydrogen-bond acceptors (Lipinski definition) is 6. The van der Waals surface area contributed by atoms with Crippen molar-refractivity contribution in [1.29, 1.82) is 0 Å². The summed E-state index contributed by atoms with van der Waals surface area (Å²) in [6, 6.07) is 4.40. The van der Waals surface area contributed by atoms with Crippen LogP contribution in [0.25, 0.3) is 0 Å².